The minimum Gasteiger partial charge on any atom is -0.370 e. The van der Waals surface area contributed by atoms with Crippen LogP contribution in [-0.4, -0.2) is 36.3 Å². The molecule has 1 saturated heterocycles. The molecule has 2 rings (SSSR count). The summed E-state index contributed by atoms with van der Waals surface area (Å²) < 4.78 is 0. The number of carbonyl (C=O) groups is 2. The summed E-state index contributed by atoms with van der Waals surface area (Å²) in [6.07, 6.45) is 0.203. The van der Waals surface area contributed by atoms with Gasteiger partial charge in [0.1, 0.15) is 0 Å². The molecule has 0 saturated carbocycles. The van der Waals surface area contributed by atoms with Gasteiger partial charge in [-0.1, -0.05) is 37.3 Å². The zero-order valence-electron chi connectivity index (χ0n) is 12.8. The molecule has 0 aromatic heterocycles. The predicted octanol–water partition coefficient (Wildman–Crippen LogP) is 1.17. The number of benzene rings is 1. The molecular formula is C16H24ClN3O2. The van der Waals surface area contributed by atoms with Crippen molar-refractivity contribution in [2.75, 3.05) is 19.6 Å². The van der Waals surface area contributed by atoms with Crippen molar-refractivity contribution in [2.45, 2.75) is 19.9 Å². The molecule has 6 heteroatoms. The van der Waals surface area contributed by atoms with Gasteiger partial charge in [-0.3, -0.25) is 9.59 Å². The molecule has 1 unspecified atom stereocenters. The van der Waals surface area contributed by atoms with Gasteiger partial charge in [-0.25, -0.2) is 0 Å². The molecule has 3 N–H and O–H groups in total. The average molecular weight is 326 g/mol. The van der Waals surface area contributed by atoms with Crippen molar-refractivity contribution < 1.29 is 9.59 Å². The number of primary amides is 1. The van der Waals surface area contributed by atoms with Crippen LogP contribution < -0.4 is 11.1 Å². The van der Waals surface area contributed by atoms with Gasteiger partial charge in [-0.2, -0.15) is 0 Å². The Morgan fingerprint density at radius 1 is 1.32 bits per heavy atom. The summed E-state index contributed by atoms with van der Waals surface area (Å²) in [5.74, 6) is 0.0950. The molecule has 0 spiro atoms. The second-order valence-corrected chi connectivity index (χ2v) is 5.67. The standard InChI is InChI=1S/C16H23N3O2.ClH/c1-12(14-9-18-10-14)16(21)19(8-7-15(17)20)11-13-5-3-2-4-6-13;/h2-6,12,14,18H,7-11H2,1H3,(H2,17,20);1H. The van der Waals surface area contributed by atoms with E-state index in [1.807, 2.05) is 37.3 Å². The largest absolute Gasteiger partial charge is 0.370 e. The summed E-state index contributed by atoms with van der Waals surface area (Å²) in [6.45, 7) is 4.66. The Kier molecular flexibility index (Phi) is 7.35. The van der Waals surface area contributed by atoms with E-state index >= 15 is 0 Å². The number of carbonyl (C=O) groups excluding carboxylic acids is 2. The fraction of sp³-hybridized carbons (Fsp3) is 0.500. The number of halogens is 1. The highest BCUT2D eigenvalue weighted by molar-refractivity contribution is 5.85. The molecule has 22 heavy (non-hydrogen) atoms. The topological polar surface area (TPSA) is 75.4 Å². The van der Waals surface area contributed by atoms with E-state index < -0.39 is 0 Å². The third kappa shape index (κ3) is 5.00. The van der Waals surface area contributed by atoms with Crippen molar-refractivity contribution in [1.82, 2.24) is 10.2 Å². The van der Waals surface area contributed by atoms with Crippen molar-refractivity contribution in [1.29, 1.82) is 0 Å². The minimum atomic E-state index is -0.376. The lowest BCUT2D eigenvalue weighted by Crippen LogP contribution is -2.50. The molecule has 1 atom stereocenters. The Morgan fingerprint density at radius 2 is 1.95 bits per heavy atom. The monoisotopic (exact) mass is 325 g/mol. The molecule has 1 fully saturated rings. The fourth-order valence-corrected chi connectivity index (χ4v) is 2.47. The van der Waals surface area contributed by atoms with Gasteiger partial charge in [0.05, 0.1) is 0 Å². The SMILES string of the molecule is CC(C(=O)N(CCC(N)=O)Cc1ccccc1)C1CNC1.Cl. The van der Waals surface area contributed by atoms with E-state index in [1.165, 1.54) is 0 Å². The number of nitrogens with zero attached hydrogens (tertiary/aromatic N) is 1. The summed E-state index contributed by atoms with van der Waals surface area (Å²) in [7, 11) is 0. The Bertz CT molecular complexity index is 491. The molecule has 2 amide bonds. The smallest absolute Gasteiger partial charge is 0.226 e. The Balaban J connectivity index is 0.00000242. The normalized spacial score (nSPS) is 15.3. The first-order valence-corrected chi connectivity index (χ1v) is 7.39. The molecule has 5 nitrogen and oxygen atoms in total. The lowest BCUT2D eigenvalue weighted by Gasteiger charge is -2.35. The third-order valence-corrected chi connectivity index (χ3v) is 4.07. The Morgan fingerprint density at radius 3 is 2.45 bits per heavy atom. The van der Waals surface area contributed by atoms with Crippen LogP contribution in [0.15, 0.2) is 30.3 Å². The number of rotatable bonds is 7. The van der Waals surface area contributed by atoms with Crippen LogP contribution >= 0.6 is 12.4 Å². The van der Waals surface area contributed by atoms with Gasteiger partial charge >= 0.3 is 0 Å². The van der Waals surface area contributed by atoms with E-state index in [0.717, 1.165) is 18.7 Å². The van der Waals surface area contributed by atoms with Gasteiger partial charge in [0.2, 0.25) is 11.8 Å². The van der Waals surface area contributed by atoms with Crippen molar-refractivity contribution in [2.24, 2.45) is 17.6 Å². The quantitative estimate of drug-likeness (QED) is 0.790. The maximum Gasteiger partial charge on any atom is 0.226 e. The zero-order valence-corrected chi connectivity index (χ0v) is 13.6. The lowest BCUT2D eigenvalue weighted by atomic mass is 9.88. The van der Waals surface area contributed by atoms with Gasteiger partial charge in [0.25, 0.3) is 0 Å². The van der Waals surface area contributed by atoms with Gasteiger partial charge in [-0.05, 0) is 24.6 Å². The van der Waals surface area contributed by atoms with Crippen LogP contribution in [-0.2, 0) is 16.1 Å². The van der Waals surface area contributed by atoms with E-state index in [-0.39, 0.29) is 36.6 Å². The van der Waals surface area contributed by atoms with E-state index in [9.17, 15) is 9.59 Å². The lowest BCUT2D eigenvalue weighted by molar-refractivity contribution is -0.138. The first-order valence-electron chi connectivity index (χ1n) is 7.39. The molecule has 1 aromatic rings. The van der Waals surface area contributed by atoms with Crippen molar-refractivity contribution in [3.05, 3.63) is 35.9 Å². The molecule has 1 aliphatic rings. The second-order valence-electron chi connectivity index (χ2n) is 5.67. The van der Waals surface area contributed by atoms with Crippen LogP contribution in [0.4, 0.5) is 0 Å². The predicted molar refractivity (Wildman–Crippen MR) is 88.4 cm³/mol. The van der Waals surface area contributed by atoms with Crippen LogP contribution in [0.1, 0.15) is 18.9 Å². The van der Waals surface area contributed by atoms with Crippen LogP contribution in [0.5, 0.6) is 0 Å². The maximum absolute atomic E-state index is 12.6. The molecule has 1 aromatic carbocycles. The van der Waals surface area contributed by atoms with E-state index in [2.05, 4.69) is 5.32 Å². The third-order valence-electron chi connectivity index (χ3n) is 4.07. The summed E-state index contributed by atoms with van der Waals surface area (Å²) in [6, 6.07) is 9.82. The molecule has 1 heterocycles. The van der Waals surface area contributed by atoms with Crippen LogP contribution in [0, 0.1) is 11.8 Å². The fourth-order valence-electron chi connectivity index (χ4n) is 2.47. The van der Waals surface area contributed by atoms with Crippen molar-refractivity contribution >= 4 is 24.2 Å². The highest BCUT2D eigenvalue weighted by Gasteiger charge is 2.31. The average Bonchev–Trinajstić information content (AvgIpc) is 2.41. The van der Waals surface area contributed by atoms with Crippen LogP contribution in [0.25, 0.3) is 0 Å². The van der Waals surface area contributed by atoms with Crippen LogP contribution in [0.2, 0.25) is 0 Å². The zero-order chi connectivity index (χ0) is 15.2. The van der Waals surface area contributed by atoms with Gasteiger partial charge in [-0.15, -0.1) is 12.4 Å². The number of hydrogen-bond donors (Lipinski definition) is 2. The summed E-state index contributed by atoms with van der Waals surface area (Å²) in [5, 5.41) is 3.19. The summed E-state index contributed by atoms with van der Waals surface area (Å²) in [4.78, 5) is 25.4. The molecule has 1 aliphatic heterocycles. The molecule has 0 radical (unpaired) electrons. The summed E-state index contributed by atoms with van der Waals surface area (Å²) in [5.41, 5.74) is 6.28. The molecule has 0 aliphatic carbocycles. The number of nitrogens with one attached hydrogen (secondary N) is 1. The Hall–Kier alpha value is -1.59. The first kappa shape index (κ1) is 18.5. The van der Waals surface area contributed by atoms with E-state index in [0.29, 0.717) is 19.0 Å². The summed E-state index contributed by atoms with van der Waals surface area (Å²) >= 11 is 0. The number of nitrogens with two attached hydrogens (primary N) is 1. The maximum atomic E-state index is 12.6. The van der Waals surface area contributed by atoms with E-state index in [1.54, 1.807) is 4.90 Å². The highest BCUT2D eigenvalue weighted by atomic mass is 35.5. The van der Waals surface area contributed by atoms with E-state index in [4.69, 9.17) is 5.73 Å². The first-order chi connectivity index (χ1) is 10.1. The van der Waals surface area contributed by atoms with Gasteiger partial charge < -0.3 is 16.0 Å². The minimum absolute atomic E-state index is 0. The van der Waals surface area contributed by atoms with Gasteiger partial charge in [0, 0.05) is 25.4 Å². The number of hydrogen-bond acceptors (Lipinski definition) is 3. The second kappa shape index (κ2) is 8.76. The number of amides is 2. The van der Waals surface area contributed by atoms with Crippen LogP contribution in [0.3, 0.4) is 0 Å². The molecule has 122 valence electrons. The highest BCUT2D eigenvalue weighted by Crippen LogP contribution is 2.20. The van der Waals surface area contributed by atoms with Crippen molar-refractivity contribution in [3.63, 3.8) is 0 Å². The molecular weight excluding hydrogens is 302 g/mol. The Labute approximate surface area is 137 Å². The van der Waals surface area contributed by atoms with Crippen molar-refractivity contribution in [3.8, 4) is 0 Å². The van der Waals surface area contributed by atoms with Gasteiger partial charge in [0.15, 0.2) is 0 Å². The molecule has 0 bridgehead atoms.